The van der Waals surface area contributed by atoms with E-state index in [2.05, 4.69) is 25.5 Å². The molecule has 0 radical (unpaired) electrons. The van der Waals surface area contributed by atoms with Crippen molar-refractivity contribution in [3.63, 3.8) is 0 Å². The van der Waals surface area contributed by atoms with Crippen molar-refractivity contribution in [1.82, 2.24) is 29.3 Å². The van der Waals surface area contributed by atoms with E-state index in [-0.39, 0.29) is 5.91 Å². The van der Waals surface area contributed by atoms with Crippen molar-refractivity contribution in [1.29, 1.82) is 0 Å². The topological polar surface area (TPSA) is 90.5 Å². The lowest BCUT2D eigenvalue weighted by Crippen LogP contribution is -2.16. The van der Waals surface area contributed by atoms with Gasteiger partial charge in [-0.3, -0.25) is 19.2 Å². The summed E-state index contributed by atoms with van der Waals surface area (Å²) in [5, 5.41) is 11.0. The lowest BCUT2D eigenvalue weighted by molar-refractivity contribution is 0.102. The Kier molecular flexibility index (Phi) is 3.14. The molecule has 4 rings (SSSR count). The molecule has 0 saturated heterocycles. The minimum absolute atomic E-state index is 0.244. The number of imidazole rings is 1. The van der Waals surface area contributed by atoms with Crippen LogP contribution in [-0.4, -0.2) is 35.2 Å². The maximum absolute atomic E-state index is 12.4. The standard InChI is InChI=1S/C15H15N7O/c1-21-13(10-2-3-10)19-20-15(21)18-14(23)11-4-5-17-12(8-11)22-7-6-16-9-22/h4-10H,2-3H2,1H3,(H,18,20,23). The van der Waals surface area contributed by atoms with Gasteiger partial charge in [-0.15, -0.1) is 10.2 Å². The van der Waals surface area contributed by atoms with Gasteiger partial charge in [-0.05, 0) is 25.0 Å². The summed E-state index contributed by atoms with van der Waals surface area (Å²) in [5.74, 6) is 2.25. The molecule has 116 valence electrons. The number of nitrogens with zero attached hydrogens (tertiary/aromatic N) is 6. The van der Waals surface area contributed by atoms with Crippen molar-refractivity contribution in [3.8, 4) is 5.82 Å². The molecule has 0 atom stereocenters. The number of pyridine rings is 1. The number of rotatable bonds is 4. The molecule has 0 spiro atoms. The predicted octanol–water partition coefficient (Wildman–Crippen LogP) is 1.53. The van der Waals surface area contributed by atoms with Crippen LogP contribution in [0.1, 0.15) is 34.9 Å². The Labute approximate surface area is 132 Å². The highest BCUT2D eigenvalue weighted by molar-refractivity contribution is 6.03. The fourth-order valence-corrected chi connectivity index (χ4v) is 2.42. The first-order chi connectivity index (χ1) is 11.2. The third-order valence-corrected chi connectivity index (χ3v) is 3.85. The molecule has 8 nitrogen and oxygen atoms in total. The fourth-order valence-electron chi connectivity index (χ4n) is 2.42. The third kappa shape index (κ3) is 2.59. The molecule has 0 aromatic carbocycles. The van der Waals surface area contributed by atoms with E-state index in [0.717, 1.165) is 18.7 Å². The molecule has 1 fully saturated rings. The number of hydrogen-bond donors (Lipinski definition) is 1. The van der Waals surface area contributed by atoms with Gasteiger partial charge in [0.05, 0.1) is 0 Å². The number of amides is 1. The van der Waals surface area contributed by atoms with E-state index in [0.29, 0.717) is 23.2 Å². The van der Waals surface area contributed by atoms with Gasteiger partial charge in [0.25, 0.3) is 5.91 Å². The van der Waals surface area contributed by atoms with Crippen LogP contribution in [0.25, 0.3) is 5.82 Å². The predicted molar refractivity (Wildman–Crippen MR) is 82.3 cm³/mol. The molecule has 23 heavy (non-hydrogen) atoms. The van der Waals surface area contributed by atoms with Crippen molar-refractivity contribution < 1.29 is 4.79 Å². The van der Waals surface area contributed by atoms with Crippen LogP contribution in [0.3, 0.4) is 0 Å². The maximum Gasteiger partial charge on any atom is 0.258 e. The molecule has 3 aromatic heterocycles. The molecule has 0 bridgehead atoms. The van der Waals surface area contributed by atoms with Crippen molar-refractivity contribution in [3.05, 3.63) is 48.4 Å². The van der Waals surface area contributed by atoms with Gasteiger partial charge >= 0.3 is 0 Å². The minimum atomic E-state index is -0.244. The fraction of sp³-hybridized carbons (Fsp3) is 0.267. The van der Waals surface area contributed by atoms with Crippen LogP contribution in [0.5, 0.6) is 0 Å². The highest BCUT2D eigenvalue weighted by Crippen LogP contribution is 2.39. The average molecular weight is 309 g/mol. The molecule has 3 aromatic rings. The van der Waals surface area contributed by atoms with E-state index in [1.54, 1.807) is 41.6 Å². The molecule has 8 heteroatoms. The van der Waals surface area contributed by atoms with Gasteiger partial charge in [-0.1, -0.05) is 0 Å². The quantitative estimate of drug-likeness (QED) is 0.789. The van der Waals surface area contributed by atoms with Gasteiger partial charge in [0.15, 0.2) is 0 Å². The van der Waals surface area contributed by atoms with Gasteiger partial charge in [0.2, 0.25) is 5.95 Å². The van der Waals surface area contributed by atoms with Crippen molar-refractivity contribution in [2.24, 2.45) is 7.05 Å². The highest BCUT2D eigenvalue weighted by Gasteiger charge is 2.29. The number of carbonyl (C=O) groups excluding carboxylic acids is 1. The Morgan fingerprint density at radius 3 is 2.91 bits per heavy atom. The second-order valence-corrected chi connectivity index (χ2v) is 5.54. The SMILES string of the molecule is Cn1c(NC(=O)c2ccnc(-n3ccnc3)c2)nnc1C1CC1. The summed E-state index contributed by atoms with van der Waals surface area (Å²) < 4.78 is 3.58. The number of hydrogen-bond acceptors (Lipinski definition) is 5. The van der Waals surface area contributed by atoms with Crippen LogP contribution in [0.15, 0.2) is 37.1 Å². The monoisotopic (exact) mass is 309 g/mol. The van der Waals surface area contributed by atoms with E-state index in [9.17, 15) is 4.79 Å². The third-order valence-electron chi connectivity index (χ3n) is 3.85. The molecular formula is C15H15N7O. The minimum Gasteiger partial charge on any atom is -0.300 e. The van der Waals surface area contributed by atoms with Crippen LogP contribution in [0, 0.1) is 0 Å². The first-order valence-corrected chi connectivity index (χ1v) is 7.37. The number of anilines is 1. The Morgan fingerprint density at radius 1 is 1.30 bits per heavy atom. The van der Waals surface area contributed by atoms with Crippen LogP contribution in [0.2, 0.25) is 0 Å². The largest absolute Gasteiger partial charge is 0.300 e. The van der Waals surface area contributed by atoms with Crippen molar-refractivity contribution in [2.75, 3.05) is 5.32 Å². The van der Waals surface area contributed by atoms with E-state index in [1.165, 1.54) is 0 Å². The Balaban J connectivity index is 1.56. The summed E-state index contributed by atoms with van der Waals surface area (Å²) in [7, 11) is 1.87. The molecule has 1 aliphatic carbocycles. The number of aromatic nitrogens is 6. The molecule has 0 unspecified atom stereocenters. The normalized spacial score (nSPS) is 14.0. The number of carbonyl (C=O) groups is 1. The Hall–Kier alpha value is -3.03. The molecule has 1 amide bonds. The lowest BCUT2D eigenvalue weighted by atomic mass is 10.2. The zero-order chi connectivity index (χ0) is 15.8. The molecule has 0 aliphatic heterocycles. The van der Waals surface area contributed by atoms with Gasteiger partial charge < -0.3 is 0 Å². The average Bonchev–Trinajstić information content (AvgIpc) is 3.13. The van der Waals surface area contributed by atoms with Crippen LogP contribution >= 0.6 is 0 Å². The van der Waals surface area contributed by atoms with Crippen LogP contribution in [0.4, 0.5) is 5.95 Å². The Bertz CT molecular complexity index is 849. The van der Waals surface area contributed by atoms with Gasteiger partial charge in [0.1, 0.15) is 18.0 Å². The molecule has 1 aliphatic rings. The summed E-state index contributed by atoms with van der Waals surface area (Å²) >= 11 is 0. The van der Waals surface area contributed by atoms with Crippen LogP contribution in [-0.2, 0) is 7.05 Å². The van der Waals surface area contributed by atoms with E-state index in [1.807, 2.05) is 11.6 Å². The van der Waals surface area contributed by atoms with E-state index >= 15 is 0 Å². The van der Waals surface area contributed by atoms with Crippen LogP contribution < -0.4 is 5.32 Å². The number of nitrogens with one attached hydrogen (secondary N) is 1. The van der Waals surface area contributed by atoms with E-state index in [4.69, 9.17) is 0 Å². The van der Waals surface area contributed by atoms with Gasteiger partial charge in [-0.2, -0.15) is 0 Å². The Morgan fingerprint density at radius 2 is 2.17 bits per heavy atom. The van der Waals surface area contributed by atoms with Gasteiger partial charge in [-0.25, -0.2) is 9.97 Å². The summed E-state index contributed by atoms with van der Waals surface area (Å²) in [4.78, 5) is 20.7. The first-order valence-electron chi connectivity index (χ1n) is 7.37. The van der Waals surface area contributed by atoms with E-state index < -0.39 is 0 Å². The smallest absolute Gasteiger partial charge is 0.258 e. The van der Waals surface area contributed by atoms with Crippen molar-refractivity contribution in [2.45, 2.75) is 18.8 Å². The molecular weight excluding hydrogens is 294 g/mol. The second kappa shape index (κ2) is 5.31. The summed E-state index contributed by atoms with van der Waals surface area (Å²) in [6.45, 7) is 0. The molecule has 1 N–H and O–H groups in total. The zero-order valence-corrected chi connectivity index (χ0v) is 12.5. The maximum atomic E-state index is 12.4. The lowest BCUT2D eigenvalue weighted by Gasteiger charge is -2.07. The highest BCUT2D eigenvalue weighted by atomic mass is 16.1. The summed E-state index contributed by atoms with van der Waals surface area (Å²) in [6, 6.07) is 3.36. The van der Waals surface area contributed by atoms with Gasteiger partial charge in [0, 0.05) is 37.1 Å². The summed E-state index contributed by atoms with van der Waals surface area (Å²) in [5.41, 5.74) is 0.500. The summed E-state index contributed by atoms with van der Waals surface area (Å²) in [6.07, 6.45) is 8.93. The first kappa shape index (κ1) is 13.6. The molecule has 1 saturated carbocycles. The second-order valence-electron chi connectivity index (χ2n) is 5.54. The molecule has 3 heterocycles. The van der Waals surface area contributed by atoms with Crippen molar-refractivity contribution >= 4 is 11.9 Å². The zero-order valence-electron chi connectivity index (χ0n) is 12.5.